The van der Waals surface area contributed by atoms with Crippen molar-refractivity contribution in [3.05, 3.63) is 52.9 Å². The SMILES string of the molecule is Cc1cc(Nc2nccc(C(F)(F)F)n2)cc(-c2cnc(C(C)(O)C3CCC(C)(O)CC3)s2)c1. The molecule has 3 aromatic rings. The van der Waals surface area contributed by atoms with Crippen LogP contribution in [0.25, 0.3) is 10.4 Å². The molecule has 1 atom stereocenters. The van der Waals surface area contributed by atoms with Gasteiger partial charge in [0.25, 0.3) is 0 Å². The minimum Gasteiger partial charge on any atom is -0.390 e. The molecule has 0 radical (unpaired) electrons. The monoisotopic (exact) mass is 492 g/mol. The maximum Gasteiger partial charge on any atom is 0.433 e. The molecule has 1 fully saturated rings. The Morgan fingerprint density at radius 3 is 2.53 bits per heavy atom. The van der Waals surface area contributed by atoms with E-state index in [2.05, 4.69) is 20.3 Å². The maximum absolute atomic E-state index is 13.0. The molecule has 0 saturated heterocycles. The zero-order valence-electron chi connectivity index (χ0n) is 19.1. The number of thiazole rings is 1. The highest BCUT2D eigenvalue weighted by molar-refractivity contribution is 7.15. The van der Waals surface area contributed by atoms with Gasteiger partial charge in [-0.1, -0.05) is 6.07 Å². The summed E-state index contributed by atoms with van der Waals surface area (Å²) in [4.78, 5) is 12.8. The van der Waals surface area contributed by atoms with E-state index in [0.29, 0.717) is 36.4 Å². The molecule has 34 heavy (non-hydrogen) atoms. The summed E-state index contributed by atoms with van der Waals surface area (Å²) in [6, 6.07) is 6.35. The Balaban J connectivity index is 1.56. The van der Waals surface area contributed by atoms with E-state index in [0.717, 1.165) is 28.3 Å². The van der Waals surface area contributed by atoms with Crippen molar-refractivity contribution < 1.29 is 23.4 Å². The molecule has 182 valence electrons. The first kappa shape index (κ1) is 24.6. The van der Waals surface area contributed by atoms with Crippen molar-refractivity contribution >= 4 is 23.0 Å². The molecule has 4 rings (SSSR count). The Bertz CT molecular complexity index is 1170. The molecule has 6 nitrogen and oxygen atoms in total. The molecule has 2 heterocycles. The van der Waals surface area contributed by atoms with Crippen molar-refractivity contribution in [1.82, 2.24) is 15.0 Å². The fourth-order valence-electron chi connectivity index (χ4n) is 4.32. The Labute approximate surface area is 199 Å². The number of anilines is 2. The Morgan fingerprint density at radius 2 is 1.85 bits per heavy atom. The Hall–Kier alpha value is -2.56. The van der Waals surface area contributed by atoms with Crippen LogP contribution in [-0.4, -0.2) is 30.8 Å². The van der Waals surface area contributed by atoms with Gasteiger partial charge in [-0.25, -0.2) is 15.0 Å². The van der Waals surface area contributed by atoms with Crippen LogP contribution >= 0.6 is 11.3 Å². The van der Waals surface area contributed by atoms with E-state index >= 15 is 0 Å². The molecule has 3 N–H and O–H groups in total. The number of halogens is 3. The van der Waals surface area contributed by atoms with Crippen LogP contribution in [0.1, 0.15) is 55.8 Å². The lowest BCUT2D eigenvalue weighted by atomic mass is 9.73. The van der Waals surface area contributed by atoms with Gasteiger partial charge in [-0.05, 0) is 81.7 Å². The predicted molar refractivity (Wildman–Crippen MR) is 125 cm³/mol. The second-order valence-corrected chi connectivity index (χ2v) is 10.5. The van der Waals surface area contributed by atoms with E-state index in [4.69, 9.17) is 0 Å². The number of hydrogen-bond acceptors (Lipinski definition) is 7. The number of nitrogens with zero attached hydrogens (tertiary/aromatic N) is 3. The molecular formula is C24H27F3N4O2S. The van der Waals surface area contributed by atoms with E-state index in [1.54, 1.807) is 25.3 Å². The number of aliphatic hydroxyl groups is 2. The average molecular weight is 493 g/mol. The Morgan fingerprint density at radius 1 is 1.15 bits per heavy atom. The number of aryl methyl sites for hydroxylation is 1. The maximum atomic E-state index is 13.0. The van der Waals surface area contributed by atoms with Gasteiger partial charge in [0.2, 0.25) is 5.95 Å². The summed E-state index contributed by atoms with van der Waals surface area (Å²) in [7, 11) is 0. The van der Waals surface area contributed by atoms with Gasteiger partial charge in [0, 0.05) is 18.1 Å². The largest absolute Gasteiger partial charge is 0.433 e. The van der Waals surface area contributed by atoms with Crippen LogP contribution in [0.3, 0.4) is 0 Å². The van der Waals surface area contributed by atoms with Gasteiger partial charge in [0.15, 0.2) is 0 Å². The van der Waals surface area contributed by atoms with Gasteiger partial charge in [0.05, 0.1) is 10.5 Å². The van der Waals surface area contributed by atoms with Gasteiger partial charge in [0.1, 0.15) is 16.3 Å². The summed E-state index contributed by atoms with van der Waals surface area (Å²) < 4.78 is 38.9. The second kappa shape index (κ2) is 8.90. The number of aromatic nitrogens is 3. The van der Waals surface area contributed by atoms with E-state index in [1.807, 2.05) is 19.9 Å². The van der Waals surface area contributed by atoms with Crippen molar-refractivity contribution in [2.45, 2.75) is 63.8 Å². The van der Waals surface area contributed by atoms with Crippen molar-refractivity contribution in [3.8, 4) is 10.4 Å². The normalized spacial score (nSPS) is 22.9. The molecule has 0 aliphatic heterocycles. The third kappa shape index (κ3) is 5.39. The highest BCUT2D eigenvalue weighted by Gasteiger charge is 2.41. The van der Waals surface area contributed by atoms with Gasteiger partial charge >= 0.3 is 6.18 Å². The van der Waals surface area contributed by atoms with Crippen LogP contribution in [0, 0.1) is 12.8 Å². The molecule has 0 spiro atoms. The molecule has 1 aromatic carbocycles. The number of benzene rings is 1. The summed E-state index contributed by atoms with van der Waals surface area (Å²) in [5.74, 6) is -0.146. The molecule has 1 saturated carbocycles. The number of rotatable bonds is 5. The fraction of sp³-hybridized carbons (Fsp3) is 0.458. The standard InChI is InChI=1S/C24H27F3N4O2S/c1-14-10-15(12-17(11-14)30-21-28-9-6-19(31-21)24(25,26)27)18-13-29-20(34-18)23(3,33)16-4-7-22(2,32)8-5-16/h6,9-13,16,32-33H,4-5,7-8H2,1-3H3,(H,28,30,31). The molecule has 1 unspecified atom stereocenters. The van der Waals surface area contributed by atoms with Crippen LogP contribution < -0.4 is 5.32 Å². The minimum atomic E-state index is -4.55. The number of nitrogens with one attached hydrogen (secondary N) is 1. The minimum absolute atomic E-state index is 0.000444. The van der Waals surface area contributed by atoms with Crippen molar-refractivity contribution in [2.24, 2.45) is 5.92 Å². The molecule has 10 heteroatoms. The van der Waals surface area contributed by atoms with Gasteiger partial charge in [-0.2, -0.15) is 13.2 Å². The smallest absolute Gasteiger partial charge is 0.390 e. The van der Waals surface area contributed by atoms with Crippen LogP contribution in [0.4, 0.5) is 24.8 Å². The van der Waals surface area contributed by atoms with Crippen molar-refractivity contribution in [1.29, 1.82) is 0 Å². The van der Waals surface area contributed by atoms with E-state index in [9.17, 15) is 23.4 Å². The third-order valence-electron chi connectivity index (χ3n) is 6.36. The first-order chi connectivity index (χ1) is 15.8. The molecular weight excluding hydrogens is 465 g/mol. The molecule has 2 aromatic heterocycles. The van der Waals surface area contributed by atoms with Crippen LogP contribution in [0.15, 0.2) is 36.7 Å². The van der Waals surface area contributed by atoms with Gasteiger partial charge < -0.3 is 15.5 Å². The zero-order valence-corrected chi connectivity index (χ0v) is 20.0. The lowest BCUT2D eigenvalue weighted by molar-refractivity contribution is -0.141. The highest BCUT2D eigenvalue weighted by atomic mass is 32.1. The van der Waals surface area contributed by atoms with Crippen LogP contribution in [0.2, 0.25) is 0 Å². The molecule has 1 aliphatic carbocycles. The van der Waals surface area contributed by atoms with E-state index in [1.165, 1.54) is 11.3 Å². The summed E-state index contributed by atoms with van der Waals surface area (Å²) in [5, 5.41) is 25.0. The van der Waals surface area contributed by atoms with Crippen molar-refractivity contribution in [3.63, 3.8) is 0 Å². The zero-order chi connectivity index (χ0) is 24.7. The summed E-state index contributed by atoms with van der Waals surface area (Å²) >= 11 is 1.38. The lowest BCUT2D eigenvalue weighted by Crippen LogP contribution is -2.39. The van der Waals surface area contributed by atoms with Crippen LogP contribution in [0.5, 0.6) is 0 Å². The summed E-state index contributed by atoms with van der Waals surface area (Å²) in [6.45, 7) is 5.48. The lowest BCUT2D eigenvalue weighted by Gasteiger charge is -2.39. The van der Waals surface area contributed by atoms with Crippen LogP contribution in [-0.2, 0) is 11.8 Å². The van der Waals surface area contributed by atoms with E-state index in [-0.39, 0.29) is 11.9 Å². The third-order valence-corrected chi connectivity index (χ3v) is 7.63. The highest BCUT2D eigenvalue weighted by Crippen LogP contribution is 2.44. The van der Waals surface area contributed by atoms with Gasteiger partial charge in [-0.15, -0.1) is 11.3 Å². The quantitative estimate of drug-likeness (QED) is 0.416. The fourth-order valence-corrected chi connectivity index (χ4v) is 5.35. The number of alkyl halides is 3. The average Bonchev–Trinajstić information content (AvgIpc) is 3.24. The van der Waals surface area contributed by atoms with Gasteiger partial charge in [-0.3, -0.25) is 0 Å². The second-order valence-electron chi connectivity index (χ2n) is 9.42. The first-order valence-corrected chi connectivity index (χ1v) is 11.9. The summed E-state index contributed by atoms with van der Waals surface area (Å²) in [6.07, 6.45) is 0.910. The predicted octanol–water partition coefficient (Wildman–Crippen LogP) is 5.82. The molecule has 1 aliphatic rings. The van der Waals surface area contributed by atoms with E-state index < -0.39 is 23.1 Å². The first-order valence-electron chi connectivity index (χ1n) is 11.0. The molecule has 0 amide bonds. The topological polar surface area (TPSA) is 91.2 Å². The number of hydrogen-bond donors (Lipinski definition) is 3. The Kier molecular flexibility index (Phi) is 6.43. The van der Waals surface area contributed by atoms with Crippen molar-refractivity contribution in [2.75, 3.05) is 5.32 Å². The summed E-state index contributed by atoms with van der Waals surface area (Å²) in [5.41, 5.74) is -0.559. The molecule has 0 bridgehead atoms.